The molecule has 0 aromatic heterocycles. The topological polar surface area (TPSA) is 105 Å². The van der Waals surface area contributed by atoms with E-state index in [0.29, 0.717) is 0 Å². The van der Waals surface area contributed by atoms with Gasteiger partial charge in [-0.05, 0) is 18.1 Å². The number of aliphatic carboxylic acids is 1. The Morgan fingerprint density at radius 2 is 1.88 bits per heavy atom. The Morgan fingerprint density at radius 1 is 1.25 bits per heavy atom. The van der Waals surface area contributed by atoms with Crippen molar-refractivity contribution >= 4 is 29.4 Å². The Balaban J connectivity index is 2.76. The monoisotopic (exact) mass is 356 g/mol. The Labute approximate surface area is 145 Å². The van der Waals surface area contributed by atoms with E-state index in [2.05, 4.69) is 10.6 Å². The highest BCUT2D eigenvalue weighted by Crippen LogP contribution is 2.15. The highest BCUT2D eigenvalue weighted by molar-refractivity contribution is 6.33. The third-order valence-electron chi connectivity index (χ3n) is 3.38. The summed E-state index contributed by atoms with van der Waals surface area (Å²) in [5.41, 5.74) is 0.262. The van der Waals surface area contributed by atoms with Crippen LogP contribution in [-0.2, 0) is 14.3 Å². The summed E-state index contributed by atoms with van der Waals surface area (Å²) >= 11 is 5.97. The fourth-order valence-electron chi connectivity index (χ4n) is 1.97. The number of methoxy groups -OCH3 is 1. The van der Waals surface area contributed by atoms with Gasteiger partial charge in [0.2, 0.25) is 5.91 Å². The Morgan fingerprint density at radius 3 is 2.38 bits per heavy atom. The molecule has 0 fully saturated rings. The van der Waals surface area contributed by atoms with Gasteiger partial charge >= 0.3 is 5.97 Å². The van der Waals surface area contributed by atoms with Crippen molar-refractivity contribution < 1.29 is 24.2 Å². The number of rotatable bonds is 8. The van der Waals surface area contributed by atoms with Crippen LogP contribution in [0.3, 0.4) is 0 Å². The molecule has 24 heavy (non-hydrogen) atoms. The number of benzene rings is 1. The van der Waals surface area contributed by atoms with Crippen LogP contribution in [0.25, 0.3) is 0 Å². The van der Waals surface area contributed by atoms with E-state index in [-0.39, 0.29) is 23.0 Å². The summed E-state index contributed by atoms with van der Waals surface area (Å²) in [6.07, 6.45) is -1.15. The third-order valence-corrected chi connectivity index (χ3v) is 3.71. The highest BCUT2D eigenvalue weighted by Gasteiger charge is 2.27. The lowest BCUT2D eigenvalue weighted by molar-refractivity contribution is -0.148. The van der Waals surface area contributed by atoms with Crippen molar-refractivity contribution in [1.29, 1.82) is 0 Å². The van der Waals surface area contributed by atoms with Crippen LogP contribution >= 0.6 is 11.6 Å². The number of carboxylic acids is 1. The summed E-state index contributed by atoms with van der Waals surface area (Å²) in [5.74, 6) is -2.36. The average molecular weight is 357 g/mol. The van der Waals surface area contributed by atoms with Crippen molar-refractivity contribution in [3.05, 3.63) is 34.9 Å². The van der Waals surface area contributed by atoms with Gasteiger partial charge in [0, 0.05) is 7.11 Å². The number of carboxylic acid groups (broad SMARTS) is 1. The lowest BCUT2D eigenvalue weighted by atomic mass is 10.0. The molecule has 2 amide bonds. The predicted molar refractivity (Wildman–Crippen MR) is 89.0 cm³/mol. The van der Waals surface area contributed by atoms with Gasteiger partial charge in [0.1, 0.15) is 6.04 Å². The second-order valence-corrected chi connectivity index (χ2v) is 5.89. The van der Waals surface area contributed by atoms with Crippen LogP contribution in [0.1, 0.15) is 24.2 Å². The zero-order valence-electron chi connectivity index (χ0n) is 13.7. The molecule has 3 N–H and O–H groups in total. The van der Waals surface area contributed by atoms with E-state index >= 15 is 0 Å². The number of halogens is 1. The number of carbonyl (C=O) groups excluding carboxylic acids is 2. The van der Waals surface area contributed by atoms with Crippen LogP contribution in [0.15, 0.2) is 24.3 Å². The molecule has 0 saturated heterocycles. The van der Waals surface area contributed by atoms with Crippen LogP contribution in [0.4, 0.5) is 0 Å². The fraction of sp³-hybridized carbons (Fsp3) is 0.438. The zero-order valence-corrected chi connectivity index (χ0v) is 14.5. The average Bonchev–Trinajstić information content (AvgIpc) is 2.52. The molecule has 132 valence electrons. The predicted octanol–water partition coefficient (Wildman–Crippen LogP) is 1.31. The van der Waals surface area contributed by atoms with E-state index in [0.717, 1.165) is 0 Å². The van der Waals surface area contributed by atoms with Crippen LogP contribution < -0.4 is 10.6 Å². The first-order valence-corrected chi connectivity index (χ1v) is 7.74. The molecule has 0 aliphatic rings. The molecule has 0 aliphatic carbocycles. The molecule has 2 unspecified atom stereocenters. The lowest BCUT2D eigenvalue weighted by Crippen LogP contribution is -2.51. The number of nitrogens with one attached hydrogen (secondary N) is 2. The number of carbonyl (C=O) groups is 3. The maximum atomic E-state index is 12.3. The number of ether oxygens (including phenoxy) is 1. The van der Waals surface area contributed by atoms with Crippen LogP contribution in [-0.4, -0.2) is 48.7 Å². The smallest absolute Gasteiger partial charge is 0.334 e. The van der Waals surface area contributed by atoms with Crippen LogP contribution in [0, 0.1) is 5.92 Å². The standard InChI is InChI=1S/C16H21ClN2O5/c1-9(2)13(15(21)18-8-12(24-3)16(22)23)19-14(20)10-6-4-5-7-11(10)17/h4-7,9,12-13H,8H2,1-3H3,(H,18,21)(H,19,20)(H,22,23). The number of hydrogen-bond donors (Lipinski definition) is 3. The third kappa shape index (κ3) is 5.50. The van der Waals surface area contributed by atoms with Gasteiger partial charge in [-0.1, -0.05) is 37.6 Å². The summed E-state index contributed by atoms with van der Waals surface area (Å²) in [6.45, 7) is 3.33. The number of amides is 2. The van der Waals surface area contributed by atoms with Gasteiger partial charge in [0.05, 0.1) is 17.1 Å². The van der Waals surface area contributed by atoms with E-state index in [4.69, 9.17) is 21.4 Å². The Bertz CT molecular complexity index is 606. The van der Waals surface area contributed by atoms with E-state index in [1.165, 1.54) is 7.11 Å². The first-order valence-electron chi connectivity index (χ1n) is 7.36. The molecule has 8 heteroatoms. The second kappa shape index (κ2) is 9.24. The summed E-state index contributed by atoms with van der Waals surface area (Å²) in [7, 11) is 1.24. The van der Waals surface area contributed by atoms with Gasteiger partial charge < -0.3 is 20.5 Å². The molecule has 0 spiro atoms. The van der Waals surface area contributed by atoms with Crippen molar-refractivity contribution in [2.24, 2.45) is 5.92 Å². The molecular weight excluding hydrogens is 336 g/mol. The van der Waals surface area contributed by atoms with E-state index < -0.39 is 29.9 Å². The summed E-state index contributed by atoms with van der Waals surface area (Å²) in [5, 5.41) is 14.3. The van der Waals surface area contributed by atoms with Crippen molar-refractivity contribution in [2.75, 3.05) is 13.7 Å². The molecule has 0 heterocycles. The minimum Gasteiger partial charge on any atom is -0.479 e. The van der Waals surface area contributed by atoms with Gasteiger partial charge in [0.15, 0.2) is 6.10 Å². The van der Waals surface area contributed by atoms with Gasteiger partial charge in [-0.2, -0.15) is 0 Å². The van der Waals surface area contributed by atoms with E-state index in [1.54, 1.807) is 38.1 Å². The Hall–Kier alpha value is -2.12. The maximum absolute atomic E-state index is 12.3. The van der Waals surface area contributed by atoms with Gasteiger partial charge in [0.25, 0.3) is 5.91 Å². The first-order chi connectivity index (χ1) is 11.3. The molecular formula is C16H21ClN2O5. The van der Waals surface area contributed by atoms with Crippen molar-refractivity contribution in [3.8, 4) is 0 Å². The summed E-state index contributed by atoms with van der Waals surface area (Å²) < 4.78 is 4.75. The van der Waals surface area contributed by atoms with Crippen LogP contribution in [0.5, 0.6) is 0 Å². The Kier molecular flexibility index (Phi) is 7.67. The summed E-state index contributed by atoms with van der Waals surface area (Å²) in [4.78, 5) is 35.5. The van der Waals surface area contributed by atoms with Crippen molar-refractivity contribution in [3.63, 3.8) is 0 Å². The SMILES string of the molecule is COC(CNC(=O)C(NC(=O)c1ccccc1Cl)C(C)C)C(=O)O. The molecule has 1 aromatic carbocycles. The summed E-state index contributed by atoms with van der Waals surface area (Å²) in [6, 6.07) is 5.67. The van der Waals surface area contributed by atoms with Gasteiger partial charge in [-0.25, -0.2) is 4.79 Å². The lowest BCUT2D eigenvalue weighted by Gasteiger charge is -2.22. The number of hydrogen-bond acceptors (Lipinski definition) is 4. The minimum absolute atomic E-state index is 0.199. The van der Waals surface area contributed by atoms with Crippen LogP contribution in [0.2, 0.25) is 5.02 Å². The van der Waals surface area contributed by atoms with Gasteiger partial charge in [-0.3, -0.25) is 9.59 Å². The quantitative estimate of drug-likeness (QED) is 0.651. The highest BCUT2D eigenvalue weighted by atomic mass is 35.5. The van der Waals surface area contributed by atoms with Crippen molar-refractivity contribution in [2.45, 2.75) is 26.0 Å². The molecule has 1 aromatic rings. The molecule has 0 bridgehead atoms. The normalized spacial score (nSPS) is 13.2. The second-order valence-electron chi connectivity index (χ2n) is 5.48. The van der Waals surface area contributed by atoms with Crippen molar-refractivity contribution in [1.82, 2.24) is 10.6 Å². The fourth-order valence-corrected chi connectivity index (χ4v) is 2.20. The van der Waals surface area contributed by atoms with E-state index in [9.17, 15) is 14.4 Å². The largest absolute Gasteiger partial charge is 0.479 e. The van der Waals surface area contributed by atoms with E-state index in [1.807, 2.05) is 0 Å². The maximum Gasteiger partial charge on any atom is 0.334 e. The minimum atomic E-state index is -1.18. The molecule has 2 atom stereocenters. The first kappa shape index (κ1) is 19.9. The zero-order chi connectivity index (χ0) is 18.3. The molecule has 7 nitrogen and oxygen atoms in total. The molecule has 0 radical (unpaired) electrons. The molecule has 1 rings (SSSR count). The molecule has 0 aliphatic heterocycles. The van der Waals surface area contributed by atoms with Gasteiger partial charge in [-0.15, -0.1) is 0 Å². The molecule has 0 saturated carbocycles.